The highest BCUT2D eigenvalue weighted by Gasteiger charge is 2.50. The molecular formula is C114H66B2N6S6. The molecule has 0 N–H and O–H groups in total. The third-order valence-electron chi connectivity index (χ3n) is 27.3. The molecule has 4 aliphatic heterocycles. The topological polar surface area (TPSA) is 19.4 Å². The lowest BCUT2D eigenvalue weighted by molar-refractivity contribution is 1.23. The van der Waals surface area contributed by atoms with Crippen molar-refractivity contribution in [2.75, 3.05) is 29.4 Å². The summed E-state index contributed by atoms with van der Waals surface area (Å²) in [6.07, 6.45) is 0. The second kappa shape index (κ2) is 27.5. The quantitative estimate of drug-likeness (QED) is 0.126. The van der Waals surface area contributed by atoms with Gasteiger partial charge in [-0.15, -0.1) is 68.0 Å². The van der Waals surface area contributed by atoms with Gasteiger partial charge in [0.15, 0.2) is 0 Å². The molecule has 0 aliphatic carbocycles. The highest BCUT2D eigenvalue weighted by atomic mass is 32.1. The number of nitrogens with zero attached hydrogens (tertiary/aromatic N) is 6. The van der Waals surface area contributed by atoms with Crippen LogP contribution in [-0.2, 0) is 0 Å². The Morgan fingerprint density at radius 2 is 0.453 bits per heavy atom. The minimum Gasteiger partial charge on any atom is -0.311 e. The third-order valence-corrected chi connectivity index (χ3v) is 34.2. The van der Waals surface area contributed by atoms with Crippen LogP contribution in [0.5, 0.6) is 0 Å². The Bertz CT molecular complexity index is 9090. The molecule has 0 saturated heterocycles. The highest BCUT2D eigenvalue weighted by molar-refractivity contribution is 7.28. The van der Waals surface area contributed by atoms with Crippen LogP contribution in [0.3, 0.4) is 0 Å². The molecule has 0 atom stereocenters. The van der Waals surface area contributed by atoms with Gasteiger partial charge in [-0.05, 0) is 203 Å². The van der Waals surface area contributed by atoms with Gasteiger partial charge in [0, 0.05) is 173 Å². The molecule has 0 radical (unpaired) electrons. The Hall–Kier alpha value is -14.6. The Kier molecular flexibility index (Phi) is 15.4. The third kappa shape index (κ3) is 10.2. The van der Waals surface area contributed by atoms with Crippen LogP contribution >= 0.6 is 68.0 Å². The molecule has 25 aromatic rings. The zero-order chi connectivity index (χ0) is 83.2. The van der Waals surface area contributed by atoms with Crippen molar-refractivity contribution >= 4 is 338 Å². The fourth-order valence-corrected chi connectivity index (χ4v) is 29.1. The molecule has 0 bridgehead atoms. The number of rotatable bonds is 10. The van der Waals surface area contributed by atoms with Crippen molar-refractivity contribution in [3.63, 3.8) is 0 Å². The Morgan fingerprint density at radius 3 is 0.859 bits per heavy atom. The normalized spacial score (nSPS) is 13.2. The fourth-order valence-electron chi connectivity index (χ4n) is 22.3. The summed E-state index contributed by atoms with van der Waals surface area (Å²) in [6, 6.07) is 154. The fraction of sp³-hybridized carbons (Fsp3) is 0. The molecule has 594 valence electrons. The van der Waals surface area contributed by atoms with Gasteiger partial charge in [0.1, 0.15) is 0 Å². The minimum absolute atomic E-state index is 0.304. The van der Waals surface area contributed by atoms with E-state index < -0.39 is 0 Å². The Morgan fingerprint density at radius 1 is 0.172 bits per heavy atom. The lowest BCUT2D eigenvalue weighted by Crippen LogP contribution is -2.65. The maximum atomic E-state index is 2.76. The summed E-state index contributed by atoms with van der Waals surface area (Å²) < 4.78 is 15.0. The number of hydrogen-bond acceptors (Lipinski definition) is 12. The summed E-state index contributed by atoms with van der Waals surface area (Å²) >= 11 is 11.3. The van der Waals surface area contributed by atoms with Gasteiger partial charge in [0.05, 0.1) is 50.2 Å². The maximum absolute atomic E-state index is 2.76. The molecule has 6 nitrogen and oxygen atoms in total. The summed E-state index contributed by atoms with van der Waals surface area (Å²) in [5.41, 5.74) is 27.5. The van der Waals surface area contributed by atoms with Crippen LogP contribution in [0.1, 0.15) is 0 Å². The zero-order valence-electron chi connectivity index (χ0n) is 68.4. The Labute approximate surface area is 760 Å². The van der Waals surface area contributed by atoms with E-state index >= 15 is 0 Å². The van der Waals surface area contributed by atoms with Crippen molar-refractivity contribution in [3.05, 3.63) is 400 Å². The molecule has 0 fully saturated rings. The average molecular weight is 1730 g/mol. The summed E-state index contributed by atoms with van der Waals surface area (Å²) in [5, 5.41) is 14.9. The molecule has 0 saturated carbocycles. The van der Waals surface area contributed by atoms with Crippen molar-refractivity contribution in [2.45, 2.75) is 0 Å². The van der Waals surface area contributed by atoms with Crippen molar-refractivity contribution in [3.8, 4) is 0 Å². The van der Waals surface area contributed by atoms with Gasteiger partial charge in [-0.1, -0.05) is 231 Å². The van der Waals surface area contributed by atoms with Crippen molar-refractivity contribution in [1.82, 2.24) is 0 Å². The first kappa shape index (κ1) is 71.7. The average Bonchev–Trinajstić information content (AvgIpc) is 0.918. The van der Waals surface area contributed by atoms with E-state index in [0.29, 0.717) is 0 Å². The smallest absolute Gasteiger partial charge is 0.252 e. The van der Waals surface area contributed by atoms with E-state index in [2.05, 4.69) is 430 Å². The predicted octanol–water partition coefficient (Wildman–Crippen LogP) is 31.0. The van der Waals surface area contributed by atoms with Gasteiger partial charge in [0.2, 0.25) is 0 Å². The summed E-state index contributed by atoms with van der Waals surface area (Å²) in [5.74, 6) is 0. The summed E-state index contributed by atoms with van der Waals surface area (Å²) in [4.78, 5) is 16.0. The first-order valence-corrected chi connectivity index (χ1v) is 48.5. The minimum atomic E-state index is -0.305. The van der Waals surface area contributed by atoms with E-state index in [1.165, 1.54) is 154 Å². The van der Waals surface area contributed by atoms with E-state index in [0.717, 1.165) is 102 Å². The van der Waals surface area contributed by atoms with Crippen LogP contribution in [-0.4, -0.2) is 13.4 Å². The van der Waals surface area contributed by atoms with Crippen LogP contribution in [0.4, 0.5) is 102 Å². The van der Waals surface area contributed by atoms with E-state index in [-0.39, 0.29) is 13.4 Å². The number of hydrogen-bond donors (Lipinski definition) is 0. The van der Waals surface area contributed by atoms with Crippen LogP contribution in [0.25, 0.3) is 121 Å². The highest BCUT2D eigenvalue weighted by Crippen LogP contribution is 2.59. The SMILES string of the molecule is c1ccc(N(c2cc3c4c(c2)N(c2cccc5sc6ccccc6c25)c2cc5c(cc2B4c2ccccc2N3c2cccc3sc4ccccc4c23)B2c3ccccc3N(c3cccc4sc6ccccc6c34)c3cc(N(c4ccccc4)c4cccc6sc7ccccc7c46)cc(c32)N5c2cccc3sc4ccccc4c23)c2cccc3c2sc2ccccc23)cc1. The number of anilines is 18. The molecule has 4 aliphatic rings. The molecule has 29 rings (SSSR count). The van der Waals surface area contributed by atoms with Crippen LogP contribution in [0, 0.1) is 0 Å². The van der Waals surface area contributed by atoms with E-state index in [1.54, 1.807) is 0 Å². The summed E-state index contributed by atoms with van der Waals surface area (Å²) in [7, 11) is 0. The molecule has 0 unspecified atom stereocenters. The molecule has 6 aromatic heterocycles. The first-order valence-electron chi connectivity index (χ1n) is 43.6. The van der Waals surface area contributed by atoms with E-state index in [4.69, 9.17) is 0 Å². The molecule has 0 amide bonds. The second-order valence-corrected chi connectivity index (χ2v) is 40.4. The predicted molar refractivity (Wildman–Crippen MR) is 561 cm³/mol. The number of para-hydroxylation sites is 4. The summed E-state index contributed by atoms with van der Waals surface area (Å²) in [6.45, 7) is -0.608. The monoisotopic (exact) mass is 1730 g/mol. The van der Waals surface area contributed by atoms with E-state index in [9.17, 15) is 0 Å². The first-order chi connectivity index (χ1) is 63.5. The number of benzene rings is 19. The van der Waals surface area contributed by atoms with Crippen LogP contribution < -0.4 is 62.2 Å². The molecule has 0 spiro atoms. The number of thiophene rings is 6. The van der Waals surface area contributed by atoms with Gasteiger partial charge < -0.3 is 29.4 Å². The van der Waals surface area contributed by atoms with Crippen molar-refractivity contribution < 1.29 is 0 Å². The standard InChI is InChI=1S/C114H66B2N6S6/c1-3-29-67(30-4-1)117(84-44-24-56-102-107(84)73-34-8-18-51-97(73)123-102)69-61-92-112-94(62-69)121(87-47-27-59-105-110(87)76-37-11-21-54-100(76)126-105)90-66-91-81(65-80(90)115(112)78-40-13-15-42-82(78)119(92)85-45-25-57-103-108(85)74-35-9-19-52-98(74)124-103)116-79-41-14-16-43-83(79)120(86-46-26-58-104-109(86)75-36-10-20-53-99(75)125-104)93-63-70(64-95(113(93)116)122(91)88-48-28-60-106-111(88)77-38-12-22-55-101(77)127-106)118(68-31-5-2-6-32-68)89-49-23-39-72-71-33-7-17-50-96(71)128-114(72)89/h1-66H. The molecule has 10 heterocycles. The van der Waals surface area contributed by atoms with Gasteiger partial charge in [-0.25, -0.2) is 0 Å². The van der Waals surface area contributed by atoms with Gasteiger partial charge >= 0.3 is 0 Å². The molecular weight excluding hydrogens is 1670 g/mol. The lowest BCUT2D eigenvalue weighted by atomic mass is 9.30. The molecule has 19 aromatic carbocycles. The molecule has 14 heteroatoms. The van der Waals surface area contributed by atoms with Crippen LogP contribution in [0.2, 0.25) is 0 Å². The molecule has 128 heavy (non-hydrogen) atoms. The van der Waals surface area contributed by atoms with Gasteiger partial charge in [0.25, 0.3) is 13.4 Å². The van der Waals surface area contributed by atoms with Gasteiger partial charge in [-0.2, -0.15) is 0 Å². The lowest BCUT2D eigenvalue weighted by Gasteiger charge is -2.48. The van der Waals surface area contributed by atoms with Crippen molar-refractivity contribution in [1.29, 1.82) is 0 Å². The van der Waals surface area contributed by atoms with Crippen LogP contribution in [0.15, 0.2) is 400 Å². The largest absolute Gasteiger partial charge is 0.311 e. The van der Waals surface area contributed by atoms with Crippen molar-refractivity contribution in [2.24, 2.45) is 0 Å². The van der Waals surface area contributed by atoms with Gasteiger partial charge in [-0.3, -0.25) is 0 Å². The zero-order valence-corrected chi connectivity index (χ0v) is 73.3. The second-order valence-electron chi connectivity index (χ2n) is 33.9. The maximum Gasteiger partial charge on any atom is 0.252 e. The number of fused-ring (bicyclic) bond motifs is 26. The Balaban J connectivity index is 0.787. The van der Waals surface area contributed by atoms with E-state index in [1.807, 2.05) is 68.0 Å².